The van der Waals surface area contributed by atoms with Crippen LogP contribution in [0.5, 0.6) is 0 Å². The Hall–Kier alpha value is -2.70. The van der Waals surface area contributed by atoms with Gasteiger partial charge < -0.3 is 5.11 Å². The molecule has 0 spiro atoms. The highest BCUT2D eigenvalue weighted by atomic mass is 35.5. The Labute approximate surface area is 155 Å². The summed E-state index contributed by atoms with van der Waals surface area (Å²) in [5.41, 5.74) is 4.34. The summed E-state index contributed by atoms with van der Waals surface area (Å²) in [6.45, 7) is 1.94. The van der Waals surface area contributed by atoms with Crippen molar-refractivity contribution >= 4 is 22.5 Å². The molecule has 6 nitrogen and oxygen atoms in total. The van der Waals surface area contributed by atoms with Crippen LogP contribution in [-0.2, 0) is 7.05 Å². The van der Waals surface area contributed by atoms with Crippen LogP contribution in [0, 0.1) is 0 Å². The van der Waals surface area contributed by atoms with Crippen molar-refractivity contribution in [3.8, 4) is 22.5 Å². The zero-order valence-corrected chi connectivity index (χ0v) is 15.2. The third-order valence-corrected chi connectivity index (χ3v) is 4.61. The number of hydrogen-bond donors (Lipinski definition) is 1. The van der Waals surface area contributed by atoms with Gasteiger partial charge in [0.25, 0.3) is 0 Å². The smallest absolute Gasteiger partial charge is 0.0967 e. The number of benzene rings is 1. The van der Waals surface area contributed by atoms with E-state index in [9.17, 15) is 5.11 Å². The maximum absolute atomic E-state index is 9.46. The van der Waals surface area contributed by atoms with Crippen LogP contribution in [0.3, 0.4) is 0 Å². The molecule has 132 valence electrons. The van der Waals surface area contributed by atoms with Crippen LogP contribution >= 0.6 is 11.6 Å². The lowest BCUT2D eigenvalue weighted by molar-refractivity contribution is 0.230. The van der Waals surface area contributed by atoms with Gasteiger partial charge in [-0.3, -0.25) is 9.36 Å². The van der Waals surface area contributed by atoms with Gasteiger partial charge in [0.1, 0.15) is 0 Å². The van der Waals surface area contributed by atoms with Crippen LogP contribution in [0.1, 0.15) is 13.0 Å². The lowest BCUT2D eigenvalue weighted by Crippen LogP contribution is -2.09. The number of fused-ring (bicyclic) bond motifs is 1. The van der Waals surface area contributed by atoms with Crippen molar-refractivity contribution in [1.29, 1.82) is 0 Å². The number of pyridine rings is 1. The molecule has 4 rings (SSSR count). The van der Waals surface area contributed by atoms with Crippen molar-refractivity contribution < 1.29 is 5.11 Å². The maximum Gasteiger partial charge on any atom is 0.0967 e. The molecule has 3 heterocycles. The number of nitrogens with zero attached hydrogens (tertiary/aromatic N) is 5. The highest BCUT2D eigenvalue weighted by Crippen LogP contribution is 2.31. The average Bonchev–Trinajstić information content (AvgIpc) is 3.27. The van der Waals surface area contributed by atoms with E-state index in [0.717, 1.165) is 33.4 Å². The Balaban J connectivity index is 1.95. The van der Waals surface area contributed by atoms with E-state index in [-0.39, 0.29) is 12.6 Å². The molecule has 7 heteroatoms. The third-order valence-electron chi connectivity index (χ3n) is 4.36. The summed E-state index contributed by atoms with van der Waals surface area (Å²) in [4.78, 5) is 4.87. The molecule has 0 fully saturated rings. The molecule has 3 aromatic heterocycles. The second kappa shape index (κ2) is 6.55. The summed E-state index contributed by atoms with van der Waals surface area (Å²) in [6, 6.07) is 9.42. The van der Waals surface area contributed by atoms with Gasteiger partial charge in [0, 0.05) is 41.0 Å². The first-order valence-corrected chi connectivity index (χ1v) is 8.68. The molecule has 1 unspecified atom stereocenters. The van der Waals surface area contributed by atoms with Gasteiger partial charge >= 0.3 is 0 Å². The Morgan fingerprint density at radius 1 is 1.15 bits per heavy atom. The first kappa shape index (κ1) is 16.8. The van der Waals surface area contributed by atoms with Crippen LogP contribution in [0.4, 0.5) is 0 Å². The predicted octanol–water partition coefficient (Wildman–Crippen LogP) is 3.71. The van der Waals surface area contributed by atoms with Crippen molar-refractivity contribution in [2.24, 2.45) is 7.05 Å². The lowest BCUT2D eigenvalue weighted by atomic mass is 10.1. The fraction of sp³-hybridized carbons (Fsp3) is 0.211. The van der Waals surface area contributed by atoms with Crippen molar-refractivity contribution in [1.82, 2.24) is 24.5 Å². The number of aryl methyl sites for hydroxylation is 1. The molecule has 0 radical (unpaired) electrons. The molecule has 4 aromatic rings. The number of aliphatic hydroxyl groups excluding tert-OH is 1. The van der Waals surface area contributed by atoms with E-state index in [0.29, 0.717) is 5.02 Å². The minimum atomic E-state index is -0.108. The molecule has 0 saturated carbocycles. The van der Waals surface area contributed by atoms with E-state index >= 15 is 0 Å². The number of aliphatic hydroxyl groups is 1. The Morgan fingerprint density at radius 2 is 1.92 bits per heavy atom. The van der Waals surface area contributed by atoms with Crippen LogP contribution in [0.25, 0.3) is 33.4 Å². The summed E-state index contributed by atoms with van der Waals surface area (Å²) in [7, 11) is 1.88. The quantitative estimate of drug-likeness (QED) is 0.597. The topological polar surface area (TPSA) is 68.8 Å². The van der Waals surface area contributed by atoms with E-state index in [1.54, 1.807) is 15.6 Å². The van der Waals surface area contributed by atoms with Gasteiger partial charge in [0.15, 0.2) is 0 Å². The molecule has 1 atom stereocenters. The van der Waals surface area contributed by atoms with Crippen LogP contribution in [0.15, 0.2) is 48.9 Å². The van der Waals surface area contributed by atoms with Crippen molar-refractivity contribution in [3.63, 3.8) is 0 Å². The van der Waals surface area contributed by atoms with E-state index in [4.69, 9.17) is 16.6 Å². The second-order valence-electron chi connectivity index (χ2n) is 6.34. The molecule has 1 aromatic carbocycles. The van der Waals surface area contributed by atoms with Crippen molar-refractivity contribution in [2.75, 3.05) is 6.61 Å². The number of aromatic nitrogens is 5. The summed E-state index contributed by atoms with van der Waals surface area (Å²) in [5.74, 6) is 0. The van der Waals surface area contributed by atoms with Crippen LogP contribution in [0.2, 0.25) is 5.02 Å². The summed E-state index contributed by atoms with van der Waals surface area (Å²) >= 11 is 6.01. The van der Waals surface area contributed by atoms with Gasteiger partial charge in [-0.1, -0.05) is 23.7 Å². The predicted molar refractivity (Wildman–Crippen MR) is 102 cm³/mol. The van der Waals surface area contributed by atoms with Gasteiger partial charge in [-0.25, -0.2) is 4.98 Å². The van der Waals surface area contributed by atoms with E-state index in [2.05, 4.69) is 10.2 Å². The SMILES string of the molecule is CC(CO)n1cc2c(-c3cnn(C)c3)nc(-c3ccc(Cl)cc3)cc2n1. The monoisotopic (exact) mass is 367 g/mol. The van der Waals surface area contributed by atoms with E-state index in [1.165, 1.54) is 0 Å². The fourth-order valence-electron chi connectivity index (χ4n) is 2.88. The number of rotatable bonds is 4. The van der Waals surface area contributed by atoms with Crippen LogP contribution < -0.4 is 0 Å². The van der Waals surface area contributed by atoms with Gasteiger partial charge in [-0.2, -0.15) is 10.2 Å². The Kier molecular flexibility index (Phi) is 4.22. The molecule has 0 saturated heterocycles. The minimum absolute atomic E-state index is 0.0215. The van der Waals surface area contributed by atoms with E-state index in [1.807, 2.05) is 56.7 Å². The zero-order valence-electron chi connectivity index (χ0n) is 14.5. The summed E-state index contributed by atoms with van der Waals surface area (Å²) in [6.07, 6.45) is 5.65. The van der Waals surface area contributed by atoms with Gasteiger partial charge in [0.2, 0.25) is 0 Å². The Morgan fingerprint density at radius 3 is 2.58 bits per heavy atom. The third kappa shape index (κ3) is 2.98. The number of hydrogen-bond acceptors (Lipinski definition) is 4. The molecule has 1 N–H and O–H groups in total. The first-order chi connectivity index (χ1) is 12.5. The van der Waals surface area contributed by atoms with Gasteiger partial charge in [-0.15, -0.1) is 0 Å². The molecular weight excluding hydrogens is 350 g/mol. The maximum atomic E-state index is 9.46. The molecule has 0 aliphatic carbocycles. The molecule has 0 aliphatic heterocycles. The first-order valence-electron chi connectivity index (χ1n) is 8.31. The van der Waals surface area contributed by atoms with Gasteiger partial charge in [0.05, 0.1) is 35.8 Å². The molecule has 0 bridgehead atoms. The fourth-order valence-corrected chi connectivity index (χ4v) is 3.00. The standard InChI is InChI=1S/C19H18ClN5O/c1-12(11-26)25-10-16-18(23-25)7-17(13-3-5-15(20)6-4-13)22-19(16)14-8-21-24(2)9-14/h3-10,12,26H,11H2,1-2H3. The Bertz CT molecular complexity index is 1070. The van der Waals surface area contributed by atoms with E-state index < -0.39 is 0 Å². The lowest BCUT2D eigenvalue weighted by Gasteiger charge is -2.06. The minimum Gasteiger partial charge on any atom is -0.394 e. The highest BCUT2D eigenvalue weighted by molar-refractivity contribution is 6.30. The normalized spacial score (nSPS) is 12.6. The summed E-state index contributed by atoms with van der Waals surface area (Å²) in [5, 5.41) is 20.0. The van der Waals surface area contributed by atoms with Gasteiger partial charge in [-0.05, 0) is 25.1 Å². The highest BCUT2D eigenvalue weighted by Gasteiger charge is 2.16. The van der Waals surface area contributed by atoms with Crippen molar-refractivity contribution in [3.05, 3.63) is 53.9 Å². The molecular formula is C19H18ClN5O. The molecule has 0 aliphatic rings. The van der Waals surface area contributed by atoms with Crippen LogP contribution in [-0.4, -0.2) is 36.3 Å². The summed E-state index contributed by atoms with van der Waals surface area (Å²) < 4.78 is 3.52. The molecule has 0 amide bonds. The largest absolute Gasteiger partial charge is 0.394 e. The number of halogens is 1. The molecule has 26 heavy (non-hydrogen) atoms. The zero-order chi connectivity index (χ0) is 18.3. The second-order valence-corrected chi connectivity index (χ2v) is 6.78. The van der Waals surface area contributed by atoms with Crippen molar-refractivity contribution in [2.45, 2.75) is 13.0 Å². The average molecular weight is 368 g/mol.